The van der Waals surface area contributed by atoms with E-state index in [0.717, 1.165) is 33.8 Å². The first-order valence-corrected chi connectivity index (χ1v) is 13.1. The molecule has 0 spiro atoms. The third kappa shape index (κ3) is 4.39. The topological polar surface area (TPSA) is 49.8 Å². The smallest absolute Gasteiger partial charge is 0.0646 e. The van der Waals surface area contributed by atoms with Crippen LogP contribution in [0.4, 0.5) is 11.4 Å². The quantitative estimate of drug-likeness (QED) is 0.535. The summed E-state index contributed by atoms with van der Waals surface area (Å²) in [4.78, 5) is 4.24. The number of rotatable bonds is 5. The van der Waals surface area contributed by atoms with Crippen LogP contribution in [-0.2, 0) is 5.41 Å². The Kier molecular flexibility index (Phi) is 6.51. The molecule has 0 amide bonds. The maximum Gasteiger partial charge on any atom is 0.0646 e. The van der Waals surface area contributed by atoms with E-state index in [1.54, 1.807) is 0 Å². The van der Waals surface area contributed by atoms with Crippen LogP contribution in [0, 0.1) is 18.8 Å². The summed E-state index contributed by atoms with van der Waals surface area (Å²) < 4.78 is 0. The number of fused-ring (bicyclic) bond motifs is 1. The molecule has 192 valence electrons. The fourth-order valence-electron chi connectivity index (χ4n) is 5.85. The number of aliphatic hydroxyl groups is 1. The second kappa shape index (κ2) is 9.51. The molecule has 37 heavy (non-hydrogen) atoms. The van der Waals surface area contributed by atoms with E-state index in [1.807, 2.05) is 32.3 Å². The van der Waals surface area contributed by atoms with Gasteiger partial charge in [-0.3, -0.25) is 0 Å². The van der Waals surface area contributed by atoms with Crippen molar-refractivity contribution >= 4 is 16.9 Å². The summed E-state index contributed by atoms with van der Waals surface area (Å²) in [6, 6.07) is 25.1. The first-order chi connectivity index (χ1) is 17.6. The summed E-state index contributed by atoms with van der Waals surface area (Å²) in [5, 5.41) is 24.8. The van der Waals surface area contributed by atoms with Crippen LogP contribution in [0.5, 0.6) is 0 Å². The minimum Gasteiger partial charge on any atom is -0.851 e. The van der Waals surface area contributed by atoms with Crippen LogP contribution < -0.4 is 14.9 Å². The van der Waals surface area contributed by atoms with Gasteiger partial charge in [-0.2, -0.15) is 0 Å². The Morgan fingerprint density at radius 1 is 0.919 bits per heavy atom. The highest BCUT2D eigenvalue weighted by molar-refractivity contribution is 5.81. The van der Waals surface area contributed by atoms with E-state index in [4.69, 9.17) is 0 Å². The van der Waals surface area contributed by atoms with Gasteiger partial charge in [-0.25, -0.2) is 0 Å². The molecule has 0 radical (unpaired) electrons. The average molecular weight is 494 g/mol. The first-order valence-electron chi connectivity index (χ1n) is 13.1. The molecule has 1 aliphatic heterocycles. The van der Waals surface area contributed by atoms with E-state index in [0.29, 0.717) is 0 Å². The summed E-state index contributed by atoms with van der Waals surface area (Å²) >= 11 is 0. The number of anilines is 2. The highest BCUT2D eigenvalue weighted by Crippen LogP contribution is 2.49. The molecule has 4 unspecified atom stereocenters. The van der Waals surface area contributed by atoms with Crippen molar-refractivity contribution < 1.29 is 10.2 Å². The summed E-state index contributed by atoms with van der Waals surface area (Å²) in [5.74, 6) is -0.883. The Morgan fingerprint density at radius 2 is 1.51 bits per heavy atom. The molecular formula is C33H37N2O2-. The van der Waals surface area contributed by atoms with Gasteiger partial charge in [-0.05, 0) is 59.2 Å². The second-order valence-electron chi connectivity index (χ2n) is 11.3. The van der Waals surface area contributed by atoms with Crippen molar-refractivity contribution in [1.29, 1.82) is 0 Å². The molecule has 3 aromatic rings. The SMILES string of the molecule is Cc1ccc(/C(=C/C2C([O-])C(/C=C3/N(C)c4ccccc4C3(C)C)C2O)c2ccc(N(C)C)cc2)cc1. The zero-order valence-corrected chi connectivity index (χ0v) is 22.6. The highest BCUT2D eigenvalue weighted by Gasteiger charge is 2.44. The molecule has 1 fully saturated rings. The van der Waals surface area contributed by atoms with Gasteiger partial charge >= 0.3 is 0 Å². The molecule has 2 aliphatic rings. The lowest BCUT2D eigenvalue weighted by Gasteiger charge is -2.53. The number of aliphatic hydroxyl groups excluding tert-OH is 1. The maximum absolute atomic E-state index is 13.6. The van der Waals surface area contributed by atoms with E-state index in [1.165, 1.54) is 11.1 Å². The lowest BCUT2D eigenvalue weighted by Crippen LogP contribution is -2.60. The zero-order valence-electron chi connectivity index (χ0n) is 22.6. The summed E-state index contributed by atoms with van der Waals surface area (Å²) in [5.41, 5.74) is 8.67. The predicted octanol–water partition coefficient (Wildman–Crippen LogP) is 5.14. The lowest BCUT2D eigenvalue weighted by molar-refractivity contribution is -0.473. The van der Waals surface area contributed by atoms with E-state index < -0.39 is 24.0 Å². The van der Waals surface area contributed by atoms with Gasteiger partial charge in [0.2, 0.25) is 0 Å². The normalized spacial score (nSPS) is 25.7. The standard InChI is InChI=1S/C33H37N2O2/c1-21-11-13-22(14-12-21)25(23-15-17-24(18-16-23)34(4)5)19-26-31(36)27(32(26)37)20-30-33(2,3)28-9-7-8-10-29(28)35(30)6/h7-20,26-27,31-32,36H,1-6H3/q-1/b25-19-,30-20+. The first kappa shape index (κ1) is 25.3. The molecule has 5 rings (SSSR count). The molecule has 0 aromatic heterocycles. The number of likely N-dealkylation sites (N-methyl/N-ethyl adjacent to an activating group) is 1. The van der Waals surface area contributed by atoms with Gasteiger partial charge in [0.25, 0.3) is 0 Å². The van der Waals surface area contributed by atoms with Crippen LogP contribution in [-0.4, -0.2) is 38.5 Å². The summed E-state index contributed by atoms with van der Waals surface area (Å²) in [6.07, 6.45) is 2.41. The maximum atomic E-state index is 13.6. The molecule has 1 heterocycles. The molecule has 4 heteroatoms. The predicted molar refractivity (Wildman–Crippen MR) is 152 cm³/mol. The Balaban J connectivity index is 1.47. The fourth-order valence-corrected chi connectivity index (χ4v) is 5.85. The number of para-hydroxylation sites is 1. The lowest BCUT2D eigenvalue weighted by atomic mass is 9.66. The molecule has 1 aliphatic carbocycles. The average Bonchev–Trinajstić information content (AvgIpc) is 3.08. The largest absolute Gasteiger partial charge is 0.851 e. The van der Waals surface area contributed by atoms with Crippen LogP contribution in [0.3, 0.4) is 0 Å². The van der Waals surface area contributed by atoms with Crippen LogP contribution in [0.1, 0.15) is 36.1 Å². The van der Waals surface area contributed by atoms with Crippen molar-refractivity contribution in [2.75, 3.05) is 30.9 Å². The molecule has 3 aromatic carbocycles. The minimum atomic E-state index is -0.906. The van der Waals surface area contributed by atoms with Gasteiger partial charge in [-0.15, -0.1) is 6.10 Å². The summed E-state index contributed by atoms with van der Waals surface area (Å²) in [6.45, 7) is 6.45. The Bertz CT molecular complexity index is 1330. The monoisotopic (exact) mass is 493 g/mol. The van der Waals surface area contributed by atoms with Gasteiger partial charge in [0.05, 0.1) is 6.10 Å². The number of allylic oxidation sites excluding steroid dienone is 1. The van der Waals surface area contributed by atoms with Crippen LogP contribution >= 0.6 is 0 Å². The third-order valence-corrected chi connectivity index (χ3v) is 8.25. The van der Waals surface area contributed by atoms with E-state index in [9.17, 15) is 10.2 Å². The van der Waals surface area contributed by atoms with E-state index >= 15 is 0 Å². The molecule has 0 saturated heterocycles. The molecule has 4 atom stereocenters. The number of benzene rings is 3. The van der Waals surface area contributed by atoms with E-state index in [-0.39, 0.29) is 5.41 Å². The van der Waals surface area contributed by atoms with Crippen molar-refractivity contribution in [2.24, 2.45) is 11.8 Å². The number of hydrogen-bond acceptors (Lipinski definition) is 4. The number of hydrogen-bond donors (Lipinski definition) is 1. The Hall–Kier alpha value is -3.34. The Morgan fingerprint density at radius 3 is 2.08 bits per heavy atom. The van der Waals surface area contributed by atoms with Crippen LogP contribution in [0.25, 0.3) is 5.57 Å². The van der Waals surface area contributed by atoms with Gasteiger partial charge in [-0.1, -0.05) is 86.2 Å². The fraction of sp³-hybridized carbons (Fsp3) is 0.333. The minimum absolute atomic E-state index is 0.215. The van der Waals surface area contributed by atoms with Crippen molar-refractivity contribution in [3.8, 4) is 0 Å². The van der Waals surface area contributed by atoms with Gasteiger partial charge in [0.1, 0.15) is 0 Å². The van der Waals surface area contributed by atoms with Crippen LogP contribution in [0.15, 0.2) is 90.6 Å². The molecule has 1 saturated carbocycles. The highest BCUT2D eigenvalue weighted by atomic mass is 16.3. The van der Waals surface area contributed by atoms with Crippen molar-refractivity contribution in [3.05, 3.63) is 113 Å². The zero-order chi connectivity index (χ0) is 26.5. The molecule has 4 nitrogen and oxygen atoms in total. The number of nitrogens with zero attached hydrogens (tertiary/aromatic N) is 2. The summed E-state index contributed by atoms with van der Waals surface area (Å²) in [7, 11) is 6.10. The molecule has 1 N–H and O–H groups in total. The van der Waals surface area contributed by atoms with Crippen molar-refractivity contribution in [3.63, 3.8) is 0 Å². The Labute approximate surface area is 221 Å². The van der Waals surface area contributed by atoms with Crippen LogP contribution in [0.2, 0.25) is 0 Å². The van der Waals surface area contributed by atoms with Gasteiger partial charge in [0, 0.05) is 43.6 Å². The van der Waals surface area contributed by atoms with Crippen molar-refractivity contribution in [2.45, 2.75) is 38.4 Å². The van der Waals surface area contributed by atoms with Crippen molar-refractivity contribution in [1.82, 2.24) is 0 Å². The third-order valence-electron chi connectivity index (χ3n) is 8.25. The second-order valence-corrected chi connectivity index (χ2v) is 11.3. The van der Waals surface area contributed by atoms with Gasteiger partial charge in [0.15, 0.2) is 0 Å². The molecule has 0 bridgehead atoms. The number of aryl methyl sites for hydroxylation is 1. The van der Waals surface area contributed by atoms with E-state index in [2.05, 4.69) is 104 Å². The molecular weight excluding hydrogens is 456 g/mol. The van der Waals surface area contributed by atoms with Gasteiger partial charge < -0.3 is 20.0 Å².